The Bertz CT molecular complexity index is 1040. The number of carbonyl (C=O) groups is 3. The maximum atomic E-state index is 14.1. The van der Waals surface area contributed by atoms with Crippen LogP contribution < -0.4 is 16.4 Å². The van der Waals surface area contributed by atoms with Crippen molar-refractivity contribution in [1.82, 2.24) is 15.5 Å². The number of halogens is 1. The second-order valence-electron chi connectivity index (χ2n) is 10.5. The molecule has 37 heavy (non-hydrogen) atoms. The van der Waals surface area contributed by atoms with Gasteiger partial charge in [-0.2, -0.15) is 0 Å². The lowest BCUT2D eigenvalue weighted by molar-refractivity contribution is -0.157. The van der Waals surface area contributed by atoms with Crippen LogP contribution in [0.2, 0.25) is 0 Å². The van der Waals surface area contributed by atoms with E-state index in [-0.39, 0.29) is 54.3 Å². The first-order chi connectivity index (χ1) is 17.2. The number of rotatable bonds is 11. The number of amides is 3. The van der Waals surface area contributed by atoms with Crippen LogP contribution in [0.5, 0.6) is 0 Å². The van der Waals surface area contributed by atoms with Crippen LogP contribution in [0.1, 0.15) is 52.5 Å². The molecule has 1 heterocycles. The van der Waals surface area contributed by atoms with Crippen molar-refractivity contribution in [1.29, 1.82) is 0 Å². The molecule has 0 bridgehead atoms. The highest BCUT2D eigenvalue weighted by Gasteiger charge is 2.42. The number of fused-ring (bicyclic) bond motifs is 1. The van der Waals surface area contributed by atoms with Crippen LogP contribution in [-0.2, 0) is 20.8 Å². The second kappa shape index (κ2) is 14.5. The van der Waals surface area contributed by atoms with Crippen molar-refractivity contribution in [2.45, 2.75) is 65.5 Å². The third kappa shape index (κ3) is 7.76. The van der Waals surface area contributed by atoms with E-state index in [1.165, 1.54) is 4.90 Å². The van der Waals surface area contributed by atoms with Crippen molar-refractivity contribution in [3.63, 3.8) is 0 Å². The average Bonchev–Trinajstić information content (AvgIpc) is 3.38. The number of nitrogens with one attached hydrogen (secondary N) is 2. The second-order valence-corrected chi connectivity index (χ2v) is 10.5. The fraction of sp³-hybridized carbons (Fsp3) is 0.552. The third-order valence-corrected chi connectivity index (χ3v) is 7.09. The Morgan fingerprint density at radius 2 is 1.73 bits per heavy atom. The van der Waals surface area contributed by atoms with Crippen molar-refractivity contribution >= 4 is 40.9 Å². The van der Waals surface area contributed by atoms with E-state index >= 15 is 0 Å². The van der Waals surface area contributed by atoms with Crippen LogP contribution in [-0.4, -0.2) is 54.3 Å². The Kier molecular flexibility index (Phi) is 12.0. The van der Waals surface area contributed by atoms with Crippen molar-refractivity contribution in [3.8, 4) is 0 Å². The smallest absolute Gasteiger partial charge is 0.247 e. The Morgan fingerprint density at radius 1 is 1.05 bits per heavy atom. The fourth-order valence-corrected chi connectivity index (χ4v) is 5.30. The Labute approximate surface area is 227 Å². The molecule has 2 aromatic rings. The normalized spacial score (nSPS) is 16.2. The number of hydrogen-bond acceptors (Lipinski definition) is 5. The van der Waals surface area contributed by atoms with Gasteiger partial charge in [0, 0.05) is 18.9 Å². The summed E-state index contributed by atoms with van der Waals surface area (Å²) in [5, 5.41) is 8.32. The lowest BCUT2D eigenvalue weighted by Gasteiger charge is -2.36. The highest BCUT2D eigenvalue weighted by atomic mass is 35.5. The predicted octanol–water partition coefficient (Wildman–Crippen LogP) is 3.67. The first-order valence-corrected chi connectivity index (χ1v) is 13.3. The molecule has 3 amide bonds. The summed E-state index contributed by atoms with van der Waals surface area (Å²) in [6.45, 7) is 9.58. The summed E-state index contributed by atoms with van der Waals surface area (Å²) >= 11 is 0. The monoisotopic (exact) mass is 530 g/mol. The molecule has 7 nitrogen and oxygen atoms in total. The van der Waals surface area contributed by atoms with Crippen molar-refractivity contribution < 1.29 is 14.4 Å². The average molecular weight is 531 g/mol. The highest BCUT2D eigenvalue weighted by Crippen LogP contribution is 2.27. The summed E-state index contributed by atoms with van der Waals surface area (Å²) < 4.78 is 0. The predicted molar refractivity (Wildman–Crippen MR) is 151 cm³/mol. The van der Waals surface area contributed by atoms with E-state index in [1.54, 1.807) is 0 Å². The first kappa shape index (κ1) is 30.7. The van der Waals surface area contributed by atoms with Gasteiger partial charge < -0.3 is 16.4 Å². The number of nitrogens with zero attached hydrogens (tertiary/aromatic N) is 1. The summed E-state index contributed by atoms with van der Waals surface area (Å²) in [7, 11) is 0. The van der Waals surface area contributed by atoms with Gasteiger partial charge in [0.05, 0.1) is 6.04 Å². The molecule has 2 aromatic carbocycles. The van der Waals surface area contributed by atoms with E-state index in [0.29, 0.717) is 25.9 Å². The molecule has 0 radical (unpaired) electrons. The number of imide groups is 1. The number of carbonyl (C=O) groups excluding carboxylic acids is 3. The summed E-state index contributed by atoms with van der Waals surface area (Å²) in [4.78, 5) is 42.8. The maximum absolute atomic E-state index is 14.1. The Balaban J connectivity index is 0.00000481. The molecule has 204 valence electrons. The van der Waals surface area contributed by atoms with Crippen LogP contribution in [0.4, 0.5) is 0 Å². The lowest BCUT2D eigenvalue weighted by Crippen LogP contribution is -2.59. The fourth-order valence-electron chi connectivity index (χ4n) is 5.30. The van der Waals surface area contributed by atoms with Gasteiger partial charge in [0.25, 0.3) is 0 Å². The molecule has 0 saturated carbocycles. The Hall–Kier alpha value is -2.48. The van der Waals surface area contributed by atoms with Crippen LogP contribution in [0.3, 0.4) is 0 Å². The molecule has 4 N–H and O–H groups in total. The molecule has 2 atom stereocenters. The zero-order valence-corrected chi connectivity index (χ0v) is 23.4. The topological polar surface area (TPSA) is 105 Å². The zero-order chi connectivity index (χ0) is 26.2. The van der Waals surface area contributed by atoms with Gasteiger partial charge in [-0.1, -0.05) is 70.2 Å². The van der Waals surface area contributed by atoms with E-state index in [2.05, 4.69) is 10.6 Å². The minimum absolute atomic E-state index is 0. The number of benzene rings is 2. The van der Waals surface area contributed by atoms with E-state index in [0.717, 1.165) is 29.3 Å². The van der Waals surface area contributed by atoms with Crippen LogP contribution in [0.15, 0.2) is 42.5 Å². The van der Waals surface area contributed by atoms with Gasteiger partial charge >= 0.3 is 0 Å². The molecule has 1 aliphatic rings. The largest absolute Gasteiger partial charge is 0.354 e. The molecule has 3 rings (SSSR count). The Morgan fingerprint density at radius 3 is 2.32 bits per heavy atom. The summed E-state index contributed by atoms with van der Waals surface area (Å²) in [6, 6.07) is 12.7. The summed E-state index contributed by atoms with van der Waals surface area (Å²) in [5.74, 6) is -1.19. The summed E-state index contributed by atoms with van der Waals surface area (Å²) in [5.41, 5.74) is 6.54. The van der Waals surface area contributed by atoms with Crippen LogP contribution in [0.25, 0.3) is 10.8 Å². The minimum Gasteiger partial charge on any atom is -0.354 e. The molecule has 1 fully saturated rings. The van der Waals surface area contributed by atoms with E-state index in [1.807, 2.05) is 70.2 Å². The quantitative estimate of drug-likeness (QED) is 0.384. The van der Waals surface area contributed by atoms with Gasteiger partial charge in [0.2, 0.25) is 17.7 Å². The van der Waals surface area contributed by atoms with E-state index < -0.39 is 12.1 Å². The van der Waals surface area contributed by atoms with Gasteiger partial charge in [-0.15, -0.1) is 12.4 Å². The third-order valence-electron chi connectivity index (χ3n) is 7.09. The van der Waals surface area contributed by atoms with Crippen LogP contribution in [0, 0.1) is 17.8 Å². The standard InChI is InChI=1S/C29H42N4O3.ClH/c1-19(2)26(20(3)4)29(36)33(28(35)24-11-7-15-31-24)25(27(34)32-16-8-14-30)18-21-12-13-22-9-5-6-10-23(22)17-21;/h5-6,9-10,12-13,17,19-20,24-26,31H,7-8,11,14-16,18,30H2,1-4H3,(H,32,34);1H/t24-,25+;/m0./s1. The zero-order valence-electron chi connectivity index (χ0n) is 22.5. The molecular formula is C29H43ClN4O3. The molecule has 1 aliphatic heterocycles. The molecule has 0 aliphatic carbocycles. The number of nitrogens with two attached hydrogens (primary N) is 1. The van der Waals surface area contributed by atoms with Gasteiger partial charge in [-0.25, -0.2) is 0 Å². The molecule has 0 unspecified atom stereocenters. The van der Waals surface area contributed by atoms with E-state index in [9.17, 15) is 14.4 Å². The van der Waals surface area contributed by atoms with Crippen molar-refractivity contribution in [3.05, 3.63) is 48.0 Å². The summed E-state index contributed by atoms with van der Waals surface area (Å²) in [6.07, 6.45) is 2.41. The van der Waals surface area contributed by atoms with Gasteiger partial charge in [0.1, 0.15) is 6.04 Å². The minimum atomic E-state index is -0.939. The number of hydrogen-bond donors (Lipinski definition) is 3. The van der Waals surface area contributed by atoms with Crippen LogP contribution >= 0.6 is 12.4 Å². The molecule has 0 spiro atoms. The molecule has 1 saturated heterocycles. The van der Waals surface area contributed by atoms with Crippen molar-refractivity contribution in [2.24, 2.45) is 23.5 Å². The highest BCUT2D eigenvalue weighted by molar-refractivity contribution is 6.03. The molecular weight excluding hydrogens is 488 g/mol. The molecule has 0 aromatic heterocycles. The van der Waals surface area contributed by atoms with Crippen molar-refractivity contribution in [2.75, 3.05) is 19.6 Å². The SMILES string of the molecule is CC(C)C(C(=O)N(C(=O)[C@@H]1CCCN1)[C@H](Cc1ccc2ccccc2c1)C(=O)NCCCN)C(C)C.Cl. The van der Waals surface area contributed by atoms with Gasteiger partial charge in [0.15, 0.2) is 0 Å². The van der Waals surface area contributed by atoms with Gasteiger partial charge in [-0.3, -0.25) is 19.3 Å². The van der Waals surface area contributed by atoms with Gasteiger partial charge in [-0.05, 0) is 60.5 Å². The first-order valence-electron chi connectivity index (χ1n) is 13.3. The lowest BCUT2D eigenvalue weighted by atomic mass is 9.83. The van der Waals surface area contributed by atoms with E-state index in [4.69, 9.17) is 5.73 Å². The maximum Gasteiger partial charge on any atom is 0.247 e. The molecule has 8 heteroatoms.